The van der Waals surface area contributed by atoms with Crippen LogP contribution in [0.25, 0.3) is 0 Å². The predicted molar refractivity (Wildman–Crippen MR) is 68.7 cm³/mol. The highest BCUT2D eigenvalue weighted by Crippen LogP contribution is 2.17. The van der Waals surface area contributed by atoms with Crippen molar-refractivity contribution >= 4 is 0 Å². The second kappa shape index (κ2) is 7.28. The van der Waals surface area contributed by atoms with Crippen molar-refractivity contribution in [3.63, 3.8) is 0 Å². The van der Waals surface area contributed by atoms with Crippen LogP contribution in [0.15, 0.2) is 18.2 Å². The Morgan fingerprint density at radius 1 is 1.29 bits per heavy atom. The fourth-order valence-corrected chi connectivity index (χ4v) is 1.70. The lowest BCUT2D eigenvalue weighted by atomic mass is 10.1. The van der Waals surface area contributed by atoms with Gasteiger partial charge >= 0.3 is 0 Å². The molecule has 0 heterocycles. The van der Waals surface area contributed by atoms with Crippen LogP contribution in [0.4, 0.5) is 4.39 Å². The van der Waals surface area contributed by atoms with Crippen LogP contribution in [0, 0.1) is 11.7 Å². The molecule has 2 nitrogen and oxygen atoms in total. The molecule has 1 aromatic rings. The summed E-state index contributed by atoms with van der Waals surface area (Å²) in [6, 6.07) is 4.80. The molecule has 0 spiro atoms. The summed E-state index contributed by atoms with van der Waals surface area (Å²) >= 11 is 0. The van der Waals surface area contributed by atoms with Crippen LogP contribution < -0.4 is 10.5 Å². The minimum absolute atomic E-state index is 0.255. The number of hydrogen-bond donors (Lipinski definition) is 1. The van der Waals surface area contributed by atoms with Gasteiger partial charge in [0.25, 0.3) is 0 Å². The first-order valence-electron chi connectivity index (χ1n) is 6.24. The summed E-state index contributed by atoms with van der Waals surface area (Å²) in [4.78, 5) is 0. The molecule has 0 fully saturated rings. The highest BCUT2D eigenvalue weighted by molar-refractivity contribution is 5.29. The first-order chi connectivity index (χ1) is 8.11. The number of nitrogens with two attached hydrogens (primary N) is 1. The third kappa shape index (κ3) is 5.68. The van der Waals surface area contributed by atoms with Crippen molar-refractivity contribution in [2.45, 2.75) is 33.1 Å². The smallest absolute Gasteiger partial charge is 0.127 e. The largest absolute Gasteiger partial charge is 0.493 e. The number of hydrogen-bond acceptors (Lipinski definition) is 2. The first kappa shape index (κ1) is 14.0. The Morgan fingerprint density at radius 2 is 2.06 bits per heavy atom. The van der Waals surface area contributed by atoms with E-state index in [1.807, 2.05) is 6.07 Å². The highest BCUT2D eigenvalue weighted by atomic mass is 19.1. The standard InChI is InChI=1S/C14H22FNO/c1-11(2)4-3-7-17-14-9-12(5-6-16)8-13(15)10-14/h8-11H,3-7,16H2,1-2H3. The maximum atomic E-state index is 13.3. The van der Waals surface area contributed by atoms with Crippen molar-refractivity contribution in [1.29, 1.82) is 0 Å². The third-order valence-electron chi connectivity index (χ3n) is 2.56. The molecular weight excluding hydrogens is 217 g/mol. The zero-order valence-electron chi connectivity index (χ0n) is 10.7. The number of halogens is 1. The Bertz CT molecular complexity index is 339. The molecule has 0 aliphatic heterocycles. The molecule has 0 aromatic heterocycles. The molecule has 0 bridgehead atoms. The van der Waals surface area contributed by atoms with E-state index < -0.39 is 0 Å². The van der Waals surface area contributed by atoms with Crippen LogP contribution in [0.2, 0.25) is 0 Å². The molecule has 0 atom stereocenters. The van der Waals surface area contributed by atoms with E-state index in [0.29, 0.717) is 31.2 Å². The molecule has 0 saturated heterocycles. The second-order valence-corrected chi connectivity index (χ2v) is 4.72. The van der Waals surface area contributed by atoms with E-state index >= 15 is 0 Å². The Balaban J connectivity index is 2.46. The summed E-state index contributed by atoms with van der Waals surface area (Å²) in [6.07, 6.45) is 2.81. The fraction of sp³-hybridized carbons (Fsp3) is 0.571. The van der Waals surface area contributed by atoms with Crippen molar-refractivity contribution in [1.82, 2.24) is 0 Å². The summed E-state index contributed by atoms with van der Waals surface area (Å²) in [7, 11) is 0. The van der Waals surface area contributed by atoms with Gasteiger partial charge in [0, 0.05) is 6.07 Å². The van der Waals surface area contributed by atoms with E-state index in [1.165, 1.54) is 12.1 Å². The molecule has 0 aliphatic carbocycles. The molecule has 0 amide bonds. The van der Waals surface area contributed by atoms with Crippen LogP contribution in [0.1, 0.15) is 32.3 Å². The van der Waals surface area contributed by atoms with Gasteiger partial charge in [-0.15, -0.1) is 0 Å². The summed E-state index contributed by atoms with van der Waals surface area (Å²) in [5, 5.41) is 0. The summed E-state index contributed by atoms with van der Waals surface area (Å²) < 4.78 is 18.8. The number of ether oxygens (including phenoxy) is 1. The van der Waals surface area contributed by atoms with Crippen molar-refractivity contribution in [2.75, 3.05) is 13.2 Å². The lowest BCUT2D eigenvalue weighted by molar-refractivity contribution is 0.296. The van der Waals surface area contributed by atoms with E-state index in [1.54, 1.807) is 0 Å². The normalized spacial score (nSPS) is 10.9. The molecule has 1 aromatic carbocycles. The molecule has 2 N–H and O–H groups in total. The maximum absolute atomic E-state index is 13.3. The van der Waals surface area contributed by atoms with Gasteiger partial charge in [-0.1, -0.05) is 13.8 Å². The van der Waals surface area contributed by atoms with Crippen LogP contribution >= 0.6 is 0 Å². The van der Waals surface area contributed by atoms with Gasteiger partial charge < -0.3 is 10.5 Å². The lowest BCUT2D eigenvalue weighted by Gasteiger charge is -2.09. The molecule has 0 unspecified atom stereocenters. The van der Waals surface area contributed by atoms with Crippen molar-refractivity contribution in [3.8, 4) is 5.75 Å². The lowest BCUT2D eigenvalue weighted by Crippen LogP contribution is -2.04. The fourth-order valence-electron chi connectivity index (χ4n) is 1.70. The summed E-state index contributed by atoms with van der Waals surface area (Å²) in [6.45, 7) is 5.53. The van der Waals surface area contributed by atoms with E-state index in [9.17, 15) is 4.39 Å². The monoisotopic (exact) mass is 239 g/mol. The van der Waals surface area contributed by atoms with Crippen molar-refractivity contribution in [2.24, 2.45) is 11.7 Å². The van der Waals surface area contributed by atoms with Crippen LogP contribution in [-0.2, 0) is 6.42 Å². The molecule has 0 saturated carbocycles. The average molecular weight is 239 g/mol. The van der Waals surface area contributed by atoms with Crippen LogP contribution in [-0.4, -0.2) is 13.2 Å². The van der Waals surface area contributed by atoms with E-state index in [4.69, 9.17) is 10.5 Å². The minimum atomic E-state index is -0.255. The molecule has 1 rings (SSSR count). The zero-order valence-corrected chi connectivity index (χ0v) is 10.7. The van der Waals surface area contributed by atoms with Gasteiger partial charge in [-0.05, 0) is 49.4 Å². The highest BCUT2D eigenvalue weighted by Gasteiger charge is 2.02. The van der Waals surface area contributed by atoms with Crippen molar-refractivity contribution in [3.05, 3.63) is 29.6 Å². The Labute approximate surface area is 103 Å². The molecule has 0 radical (unpaired) electrons. The Kier molecular flexibility index (Phi) is 5.98. The zero-order chi connectivity index (χ0) is 12.7. The van der Waals surface area contributed by atoms with Gasteiger partial charge in [0.2, 0.25) is 0 Å². The van der Waals surface area contributed by atoms with Gasteiger partial charge in [0.1, 0.15) is 11.6 Å². The Hall–Kier alpha value is -1.09. The molecule has 0 aliphatic rings. The van der Waals surface area contributed by atoms with Gasteiger partial charge in [0.05, 0.1) is 6.61 Å². The SMILES string of the molecule is CC(C)CCCOc1cc(F)cc(CCN)c1. The average Bonchev–Trinajstić information content (AvgIpc) is 2.24. The van der Waals surface area contributed by atoms with E-state index in [-0.39, 0.29) is 5.82 Å². The minimum Gasteiger partial charge on any atom is -0.493 e. The molecular formula is C14H22FNO. The van der Waals surface area contributed by atoms with Gasteiger partial charge in [0.15, 0.2) is 0 Å². The summed E-state index contributed by atoms with van der Waals surface area (Å²) in [5.74, 6) is 1.03. The third-order valence-corrected chi connectivity index (χ3v) is 2.56. The predicted octanol–water partition coefficient (Wildman–Crippen LogP) is 3.14. The van der Waals surface area contributed by atoms with E-state index in [0.717, 1.165) is 18.4 Å². The molecule has 3 heteroatoms. The van der Waals surface area contributed by atoms with Crippen LogP contribution in [0.3, 0.4) is 0 Å². The number of rotatable bonds is 7. The number of benzene rings is 1. The first-order valence-corrected chi connectivity index (χ1v) is 6.24. The van der Waals surface area contributed by atoms with Gasteiger partial charge in [-0.3, -0.25) is 0 Å². The summed E-state index contributed by atoms with van der Waals surface area (Å²) in [5.41, 5.74) is 6.35. The maximum Gasteiger partial charge on any atom is 0.127 e. The Morgan fingerprint density at radius 3 is 2.71 bits per heavy atom. The molecule has 96 valence electrons. The second-order valence-electron chi connectivity index (χ2n) is 4.72. The quantitative estimate of drug-likeness (QED) is 0.742. The topological polar surface area (TPSA) is 35.2 Å². The van der Waals surface area contributed by atoms with Gasteiger partial charge in [-0.2, -0.15) is 0 Å². The van der Waals surface area contributed by atoms with Crippen LogP contribution in [0.5, 0.6) is 5.75 Å². The molecule has 17 heavy (non-hydrogen) atoms. The van der Waals surface area contributed by atoms with Crippen molar-refractivity contribution < 1.29 is 9.13 Å². The van der Waals surface area contributed by atoms with E-state index in [2.05, 4.69) is 13.8 Å². The van der Waals surface area contributed by atoms with Gasteiger partial charge in [-0.25, -0.2) is 4.39 Å².